The summed E-state index contributed by atoms with van der Waals surface area (Å²) in [4.78, 5) is 2.61. The van der Waals surface area contributed by atoms with Gasteiger partial charge in [0.05, 0.1) is 0 Å². The number of benzene rings is 10. The maximum atomic E-state index is 3.96. The van der Waals surface area contributed by atoms with Gasteiger partial charge in [-0.2, -0.15) is 0 Å². The Bertz CT molecular complexity index is 3620. The zero-order valence-corrected chi connectivity index (χ0v) is 38.4. The van der Waals surface area contributed by atoms with Crippen LogP contribution >= 0.6 is 0 Å². The number of anilines is 5. The summed E-state index contributed by atoms with van der Waals surface area (Å²) in [6.07, 6.45) is 0. The molecule has 1 N–H and O–H groups in total. The lowest BCUT2D eigenvalue weighted by atomic mass is 9.57. The average Bonchev–Trinajstić information content (AvgIpc) is 3.73. The summed E-state index contributed by atoms with van der Waals surface area (Å²) in [6, 6.07) is 79.2. The van der Waals surface area contributed by atoms with E-state index in [1.165, 1.54) is 117 Å². The first kappa shape index (κ1) is 39.5. The van der Waals surface area contributed by atoms with Gasteiger partial charge < -0.3 is 10.2 Å². The second-order valence-electron chi connectivity index (χ2n) is 19.8. The molecule has 0 aromatic heterocycles. The third-order valence-electron chi connectivity index (χ3n) is 15.2. The van der Waals surface area contributed by atoms with Crippen molar-refractivity contribution in [3.8, 4) is 55.6 Å². The molecule has 10 aromatic rings. The van der Waals surface area contributed by atoms with Crippen LogP contribution in [0.1, 0.15) is 49.9 Å². The Kier molecular flexibility index (Phi) is 8.74. The zero-order valence-electron chi connectivity index (χ0n) is 38.4. The van der Waals surface area contributed by atoms with E-state index in [4.69, 9.17) is 0 Å². The predicted molar refractivity (Wildman–Crippen MR) is 286 cm³/mol. The Morgan fingerprint density at radius 1 is 0.373 bits per heavy atom. The topological polar surface area (TPSA) is 15.3 Å². The van der Waals surface area contributed by atoms with Gasteiger partial charge in [0.2, 0.25) is 0 Å². The highest BCUT2D eigenvalue weighted by Crippen LogP contribution is 2.54. The standard InChI is InChI=1S/C64H49BN2/c1-63(2)54-25-15-13-23-48(54)50-32-31-47(37-56(50)63)67-60-39-57-51(49-24-14-16-26-55(49)64(57,3)4)38-58(60)65-62-53(34-45(36-61(62)67)41-19-9-6-10-20-41)52-33-43-21-11-12-22-44(43)35-59(52)66-46-29-27-42(28-30-46)40-17-7-5-8-18-40/h5-39,65-66H,1-4H3. The molecule has 0 bridgehead atoms. The maximum Gasteiger partial charge on any atom is 0.198 e. The molecule has 318 valence electrons. The van der Waals surface area contributed by atoms with Crippen LogP contribution in [0.2, 0.25) is 0 Å². The van der Waals surface area contributed by atoms with Gasteiger partial charge in [-0.3, -0.25) is 0 Å². The van der Waals surface area contributed by atoms with E-state index >= 15 is 0 Å². The minimum Gasteiger partial charge on any atom is -0.355 e. The number of fused-ring (bicyclic) bond motifs is 9. The van der Waals surface area contributed by atoms with Gasteiger partial charge in [-0.05, 0) is 143 Å². The molecule has 0 saturated heterocycles. The molecule has 13 rings (SSSR count). The normalized spacial score (nSPS) is 14.3. The highest BCUT2D eigenvalue weighted by Gasteiger charge is 2.40. The van der Waals surface area contributed by atoms with E-state index in [1.807, 2.05) is 0 Å². The van der Waals surface area contributed by atoms with E-state index in [2.05, 4.69) is 250 Å². The van der Waals surface area contributed by atoms with Crippen molar-refractivity contribution in [1.82, 2.24) is 0 Å². The van der Waals surface area contributed by atoms with Crippen molar-refractivity contribution >= 4 is 57.4 Å². The summed E-state index contributed by atoms with van der Waals surface area (Å²) in [5.74, 6) is 0. The van der Waals surface area contributed by atoms with Gasteiger partial charge in [0, 0.05) is 44.8 Å². The van der Waals surface area contributed by atoms with Gasteiger partial charge in [0.1, 0.15) is 0 Å². The Balaban J connectivity index is 1.06. The van der Waals surface area contributed by atoms with Crippen molar-refractivity contribution in [2.45, 2.75) is 38.5 Å². The molecule has 67 heavy (non-hydrogen) atoms. The summed E-state index contributed by atoms with van der Waals surface area (Å²) in [6.45, 7) is 9.58. The molecule has 1 heterocycles. The van der Waals surface area contributed by atoms with Crippen LogP contribution in [-0.4, -0.2) is 7.28 Å². The third kappa shape index (κ3) is 6.18. The lowest BCUT2D eigenvalue weighted by molar-refractivity contribution is 0.660. The van der Waals surface area contributed by atoms with E-state index in [0.717, 1.165) is 18.7 Å². The van der Waals surface area contributed by atoms with E-state index < -0.39 is 0 Å². The molecule has 10 aromatic carbocycles. The first-order chi connectivity index (χ1) is 32.7. The third-order valence-corrected chi connectivity index (χ3v) is 15.2. The summed E-state index contributed by atoms with van der Waals surface area (Å²) in [5.41, 5.74) is 26.3. The number of nitrogens with zero attached hydrogens (tertiary/aromatic N) is 1. The molecule has 3 heteroatoms. The number of nitrogens with one attached hydrogen (secondary N) is 1. The van der Waals surface area contributed by atoms with Crippen LogP contribution in [0, 0.1) is 0 Å². The zero-order chi connectivity index (χ0) is 45.0. The van der Waals surface area contributed by atoms with Crippen LogP contribution in [0.3, 0.4) is 0 Å². The molecular formula is C64H49BN2. The van der Waals surface area contributed by atoms with Crippen molar-refractivity contribution < 1.29 is 0 Å². The molecule has 0 spiro atoms. The van der Waals surface area contributed by atoms with E-state index in [9.17, 15) is 0 Å². The summed E-state index contributed by atoms with van der Waals surface area (Å²) in [7, 11) is 0.793. The first-order valence-corrected chi connectivity index (χ1v) is 23.7. The quantitative estimate of drug-likeness (QED) is 0.168. The second kappa shape index (κ2) is 14.8. The Morgan fingerprint density at radius 3 is 1.61 bits per heavy atom. The molecule has 0 saturated carbocycles. The molecule has 0 radical (unpaired) electrons. The summed E-state index contributed by atoms with van der Waals surface area (Å²) >= 11 is 0. The van der Waals surface area contributed by atoms with E-state index in [-0.39, 0.29) is 10.8 Å². The molecule has 0 atom stereocenters. The highest BCUT2D eigenvalue weighted by atomic mass is 15.2. The molecule has 0 amide bonds. The molecule has 3 aliphatic rings. The number of rotatable bonds is 6. The predicted octanol–water partition coefficient (Wildman–Crippen LogP) is 15.4. The maximum absolute atomic E-state index is 3.96. The van der Waals surface area contributed by atoms with Gasteiger partial charge in [0.15, 0.2) is 7.28 Å². The van der Waals surface area contributed by atoms with Gasteiger partial charge in [-0.1, -0.05) is 191 Å². The molecule has 1 aliphatic heterocycles. The summed E-state index contributed by atoms with van der Waals surface area (Å²) < 4.78 is 0. The van der Waals surface area contributed by atoms with Crippen molar-refractivity contribution in [3.63, 3.8) is 0 Å². The van der Waals surface area contributed by atoms with Crippen molar-refractivity contribution in [3.05, 3.63) is 235 Å². The average molecular weight is 857 g/mol. The van der Waals surface area contributed by atoms with Crippen LogP contribution in [-0.2, 0) is 10.8 Å². The van der Waals surface area contributed by atoms with Crippen LogP contribution in [0.4, 0.5) is 28.4 Å². The van der Waals surface area contributed by atoms with Gasteiger partial charge >= 0.3 is 0 Å². The van der Waals surface area contributed by atoms with Crippen molar-refractivity contribution in [2.24, 2.45) is 0 Å². The highest BCUT2D eigenvalue weighted by molar-refractivity contribution is 6.73. The lowest BCUT2D eigenvalue weighted by Gasteiger charge is -2.37. The van der Waals surface area contributed by atoms with Crippen molar-refractivity contribution in [1.29, 1.82) is 0 Å². The minimum absolute atomic E-state index is 0.142. The summed E-state index contributed by atoms with van der Waals surface area (Å²) in [5, 5.41) is 6.37. The van der Waals surface area contributed by atoms with Gasteiger partial charge in [-0.25, -0.2) is 0 Å². The van der Waals surface area contributed by atoms with Gasteiger partial charge in [0.25, 0.3) is 0 Å². The molecule has 0 unspecified atom stereocenters. The lowest BCUT2D eigenvalue weighted by Crippen LogP contribution is -2.41. The van der Waals surface area contributed by atoms with Crippen molar-refractivity contribution in [2.75, 3.05) is 10.2 Å². The Morgan fingerprint density at radius 2 is 0.925 bits per heavy atom. The number of hydrogen-bond acceptors (Lipinski definition) is 2. The second-order valence-corrected chi connectivity index (χ2v) is 19.8. The molecule has 2 aliphatic carbocycles. The molecular weight excluding hydrogens is 808 g/mol. The SMILES string of the molecule is CC1(C)c2ccccc2-c2ccc(N3c4cc5c(cc4Bc4c(-c6cc7ccccc7cc6Nc6ccc(-c7ccccc7)cc6)cc(-c6ccccc6)cc43)-c3ccccc3C5(C)C)cc21. The van der Waals surface area contributed by atoms with Gasteiger partial charge in [-0.15, -0.1) is 0 Å². The molecule has 0 fully saturated rings. The Labute approximate surface area is 394 Å². The fourth-order valence-corrected chi connectivity index (χ4v) is 11.7. The molecule has 2 nitrogen and oxygen atoms in total. The van der Waals surface area contributed by atoms with Crippen LogP contribution < -0.4 is 21.1 Å². The minimum atomic E-state index is -0.146. The fourth-order valence-electron chi connectivity index (χ4n) is 11.7. The first-order valence-electron chi connectivity index (χ1n) is 23.7. The monoisotopic (exact) mass is 856 g/mol. The number of hydrogen-bond donors (Lipinski definition) is 1. The van der Waals surface area contributed by atoms with E-state index in [1.54, 1.807) is 0 Å². The largest absolute Gasteiger partial charge is 0.355 e. The van der Waals surface area contributed by atoms with Crippen LogP contribution in [0.15, 0.2) is 212 Å². The van der Waals surface area contributed by atoms with E-state index in [0.29, 0.717) is 0 Å². The fraction of sp³-hybridized carbons (Fsp3) is 0.0938. The Hall–Kier alpha value is -7.88. The smallest absolute Gasteiger partial charge is 0.198 e. The van der Waals surface area contributed by atoms with Crippen LogP contribution in [0.5, 0.6) is 0 Å². The van der Waals surface area contributed by atoms with Crippen LogP contribution in [0.25, 0.3) is 66.4 Å².